The number of nitro benzene ring substituents is 1. The maximum absolute atomic E-state index is 13.9. The molecule has 12 heteroatoms. The van der Waals surface area contributed by atoms with E-state index in [1.165, 1.54) is 22.4 Å². The second-order valence-corrected chi connectivity index (χ2v) is 11.9. The number of ether oxygens (including phenoxy) is 2. The standard InChI is InChI=1S/C31H26ClN3O6S2/c1-4-40-22-11-7-20(8-12-22)28-27(30(37)41-5-2)18(3)33-31-34(28)29(36)26(43-31)17-19-6-15-25(24(16-19)35(38)39)42-23-13-9-21(32)10-14-23/h6-17,28H,4-5H2,1-3H3. The van der Waals surface area contributed by atoms with Crippen molar-refractivity contribution < 1.29 is 19.2 Å². The van der Waals surface area contributed by atoms with Gasteiger partial charge in [-0.25, -0.2) is 9.79 Å². The van der Waals surface area contributed by atoms with Crippen LogP contribution in [0.2, 0.25) is 5.02 Å². The zero-order valence-corrected chi connectivity index (χ0v) is 25.8. The van der Waals surface area contributed by atoms with E-state index in [9.17, 15) is 19.7 Å². The summed E-state index contributed by atoms with van der Waals surface area (Å²) in [6.07, 6.45) is 1.60. The van der Waals surface area contributed by atoms with E-state index in [1.54, 1.807) is 68.5 Å². The minimum absolute atomic E-state index is 0.0887. The summed E-state index contributed by atoms with van der Waals surface area (Å²) in [4.78, 5) is 44.8. The summed E-state index contributed by atoms with van der Waals surface area (Å²) in [5.41, 5.74) is 1.42. The Bertz CT molecular complexity index is 1910. The third-order valence-electron chi connectivity index (χ3n) is 6.54. The molecule has 9 nitrogen and oxygen atoms in total. The van der Waals surface area contributed by atoms with Crippen molar-refractivity contribution in [3.8, 4) is 5.75 Å². The highest BCUT2D eigenvalue weighted by molar-refractivity contribution is 7.99. The molecule has 1 atom stereocenters. The second kappa shape index (κ2) is 13.0. The molecule has 0 fully saturated rings. The quantitative estimate of drug-likeness (QED) is 0.128. The van der Waals surface area contributed by atoms with Crippen LogP contribution in [0.25, 0.3) is 6.08 Å². The van der Waals surface area contributed by atoms with Crippen molar-refractivity contribution >= 4 is 52.4 Å². The maximum atomic E-state index is 13.9. The summed E-state index contributed by atoms with van der Waals surface area (Å²) in [6, 6.07) is 18.3. The van der Waals surface area contributed by atoms with Gasteiger partial charge in [-0.2, -0.15) is 0 Å². The Kier molecular flexibility index (Phi) is 9.14. The molecule has 1 aliphatic rings. The first-order chi connectivity index (χ1) is 20.7. The number of hydrogen-bond acceptors (Lipinski definition) is 9. The van der Waals surface area contributed by atoms with Crippen molar-refractivity contribution in [2.24, 2.45) is 4.99 Å². The molecule has 0 spiro atoms. The molecule has 0 aliphatic carbocycles. The fourth-order valence-corrected chi connectivity index (χ4v) is 6.73. The number of nitro groups is 1. The molecule has 1 unspecified atom stereocenters. The summed E-state index contributed by atoms with van der Waals surface area (Å²) >= 11 is 8.37. The summed E-state index contributed by atoms with van der Waals surface area (Å²) in [5, 5.41) is 12.5. The molecular weight excluding hydrogens is 610 g/mol. The van der Waals surface area contributed by atoms with Gasteiger partial charge in [0.2, 0.25) is 0 Å². The van der Waals surface area contributed by atoms with Gasteiger partial charge in [0.1, 0.15) is 5.75 Å². The van der Waals surface area contributed by atoms with Crippen LogP contribution in [0.4, 0.5) is 5.69 Å². The van der Waals surface area contributed by atoms with Gasteiger partial charge < -0.3 is 9.47 Å². The zero-order valence-electron chi connectivity index (χ0n) is 23.4. The first-order valence-corrected chi connectivity index (χ1v) is 15.4. The predicted molar refractivity (Wildman–Crippen MR) is 167 cm³/mol. The van der Waals surface area contributed by atoms with Gasteiger partial charge in [0.25, 0.3) is 11.2 Å². The molecule has 0 amide bonds. The Morgan fingerprint density at radius 1 is 1.12 bits per heavy atom. The highest BCUT2D eigenvalue weighted by Crippen LogP contribution is 2.36. The van der Waals surface area contributed by atoms with E-state index >= 15 is 0 Å². The molecule has 4 aromatic rings. The molecule has 43 heavy (non-hydrogen) atoms. The molecule has 0 saturated heterocycles. The number of thiazole rings is 1. The predicted octanol–water partition coefficient (Wildman–Crippen LogP) is 5.91. The van der Waals surface area contributed by atoms with Crippen LogP contribution in [0.1, 0.15) is 37.9 Å². The number of nitrogens with zero attached hydrogens (tertiary/aromatic N) is 3. The zero-order chi connectivity index (χ0) is 30.7. The van der Waals surface area contributed by atoms with Crippen LogP contribution in [-0.4, -0.2) is 28.7 Å². The number of hydrogen-bond donors (Lipinski definition) is 0. The number of esters is 1. The van der Waals surface area contributed by atoms with Crippen molar-refractivity contribution in [2.45, 2.75) is 36.6 Å². The molecule has 2 heterocycles. The van der Waals surface area contributed by atoms with Crippen LogP contribution >= 0.6 is 34.7 Å². The molecule has 0 N–H and O–H groups in total. The van der Waals surface area contributed by atoms with Crippen molar-refractivity contribution in [2.75, 3.05) is 13.2 Å². The van der Waals surface area contributed by atoms with Gasteiger partial charge in [0, 0.05) is 16.0 Å². The first-order valence-electron chi connectivity index (χ1n) is 13.3. The lowest BCUT2D eigenvalue weighted by Crippen LogP contribution is -2.39. The highest BCUT2D eigenvalue weighted by atomic mass is 35.5. The molecule has 1 aromatic heterocycles. The number of allylic oxidation sites excluding steroid dienone is 1. The van der Waals surface area contributed by atoms with Gasteiger partial charge in [0.15, 0.2) is 4.80 Å². The average molecular weight is 636 g/mol. The molecule has 0 saturated carbocycles. The van der Waals surface area contributed by atoms with E-state index in [1.807, 2.05) is 19.1 Å². The Labute approximate surface area is 259 Å². The topological polar surface area (TPSA) is 113 Å². The number of aromatic nitrogens is 1. The van der Waals surface area contributed by atoms with Crippen LogP contribution < -0.4 is 19.6 Å². The first kappa shape index (κ1) is 30.3. The normalized spacial score (nSPS) is 14.7. The Morgan fingerprint density at radius 2 is 1.84 bits per heavy atom. The smallest absolute Gasteiger partial charge is 0.338 e. The molecular formula is C31H26ClN3O6S2. The lowest BCUT2D eigenvalue weighted by Gasteiger charge is -2.24. The number of carbonyl (C=O) groups is 1. The molecule has 1 aliphatic heterocycles. The van der Waals surface area contributed by atoms with Gasteiger partial charge in [-0.15, -0.1) is 0 Å². The summed E-state index contributed by atoms with van der Waals surface area (Å²) in [7, 11) is 0. The van der Waals surface area contributed by atoms with Gasteiger partial charge in [-0.1, -0.05) is 52.9 Å². The summed E-state index contributed by atoms with van der Waals surface area (Å²) in [5.74, 6) is 0.109. The lowest BCUT2D eigenvalue weighted by atomic mass is 9.96. The SMILES string of the molecule is CCOC(=O)C1=C(C)N=c2sc(=Cc3ccc(Sc4ccc(Cl)cc4)c([N+](=O)[O-])c3)c(=O)n2C1c1ccc(OCC)cc1. The van der Waals surface area contributed by atoms with Crippen LogP contribution in [0.3, 0.4) is 0 Å². The van der Waals surface area contributed by atoms with E-state index in [0.29, 0.717) is 48.4 Å². The fourth-order valence-electron chi connectivity index (χ4n) is 4.65. The van der Waals surface area contributed by atoms with E-state index < -0.39 is 16.9 Å². The highest BCUT2D eigenvalue weighted by Gasteiger charge is 2.33. The minimum Gasteiger partial charge on any atom is -0.494 e. The van der Waals surface area contributed by atoms with Crippen LogP contribution in [-0.2, 0) is 9.53 Å². The van der Waals surface area contributed by atoms with Crippen LogP contribution in [0.5, 0.6) is 5.75 Å². The maximum Gasteiger partial charge on any atom is 0.338 e. The summed E-state index contributed by atoms with van der Waals surface area (Å²) in [6.45, 7) is 5.98. The van der Waals surface area contributed by atoms with Crippen molar-refractivity contribution in [3.63, 3.8) is 0 Å². The molecule has 0 bridgehead atoms. The van der Waals surface area contributed by atoms with Gasteiger partial charge in [-0.05, 0) is 80.4 Å². The molecule has 5 rings (SSSR count). The van der Waals surface area contributed by atoms with Crippen LogP contribution in [0, 0.1) is 10.1 Å². The van der Waals surface area contributed by atoms with Gasteiger partial charge >= 0.3 is 5.97 Å². The van der Waals surface area contributed by atoms with E-state index in [2.05, 4.69) is 4.99 Å². The lowest BCUT2D eigenvalue weighted by molar-refractivity contribution is -0.387. The average Bonchev–Trinajstić information content (AvgIpc) is 3.28. The number of benzene rings is 3. The van der Waals surface area contributed by atoms with E-state index in [4.69, 9.17) is 21.1 Å². The molecule has 3 aromatic carbocycles. The van der Waals surface area contributed by atoms with E-state index in [0.717, 1.165) is 16.2 Å². The second-order valence-electron chi connectivity index (χ2n) is 9.34. The Balaban J connectivity index is 1.60. The minimum atomic E-state index is -0.777. The fraction of sp³-hybridized carbons (Fsp3) is 0.194. The summed E-state index contributed by atoms with van der Waals surface area (Å²) < 4.78 is 12.7. The van der Waals surface area contributed by atoms with Crippen molar-refractivity contribution in [1.29, 1.82) is 0 Å². The van der Waals surface area contributed by atoms with E-state index in [-0.39, 0.29) is 23.4 Å². The number of rotatable bonds is 9. The van der Waals surface area contributed by atoms with Gasteiger partial charge in [-0.3, -0.25) is 19.5 Å². The van der Waals surface area contributed by atoms with Gasteiger partial charge in [0.05, 0.1) is 44.9 Å². The molecule has 0 radical (unpaired) electrons. The van der Waals surface area contributed by atoms with Crippen molar-refractivity contribution in [1.82, 2.24) is 4.57 Å². The number of halogens is 1. The Morgan fingerprint density at radius 3 is 2.49 bits per heavy atom. The third kappa shape index (κ3) is 6.43. The third-order valence-corrected chi connectivity index (χ3v) is 8.85. The Hall–Kier alpha value is -4.19. The molecule has 220 valence electrons. The largest absolute Gasteiger partial charge is 0.494 e. The monoisotopic (exact) mass is 635 g/mol. The van der Waals surface area contributed by atoms with Crippen LogP contribution in [0.15, 0.2) is 97.6 Å². The van der Waals surface area contributed by atoms with Crippen molar-refractivity contribution in [3.05, 3.63) is 124 Å². The number of fused-ring (bicyclic) bond motifs is 1. The number of carbonyl (C=O) groups excluding carboxylic acids is 1.